The Morgan fingerprint density at radius 1 is 0.909 bits per heavy atom. The first-order chi connectivity index (χ1) is 15.8. The number of aromatic nitrogens is 4. The van der Waals surface area contributed by atoms with Crippen LogP contribution in [0.1, 0.15) is 0 Å². The van der Waals surface area contributed by atoms with E-state index < -0.39 is 10.0 Å². The monoisotopic (exact) mass is 484 g/mol. The van der Waals surface area contributed by atoms with Crippen LogP contribution >= 0.6 is 11.6 Å². The molecule has 0 bridgehead atoms. The highest BCUT2D eigenvalue weighted by Crippen LogP contribution is 2.23. The zero-order valence-corrected chi connectivity index (χ0v) is 19.4. The van der Waals surface area contributed by atoms with Gasteiger partial charge in [0.1, 0.15) is 5.39 Å². The van der Waals surface area contributed by atoms with Gasteiger partial charge in [0, 0.05) is 31.2 Å². The number of para-hydroxylation sites is 1. The summed E-state index contributed by atoms with van der Waals surface area (Å²) in [5, 5.41) is 5.36. The normalized spacial score (nSPS) is 15.3. The maximum Gasteiger partial charge on any atom is 0.270 e. The second-order valence-electron chi connectivity index (χ2n) is 7.81. The number of piperazine rings is 1. The van der Waals surface area contributed by atoms with E-state index in [9.17, 15) is 13.2 Å². The van der Waals surface area contributed by atoms with E-state index in [1.54, 1.807) is 28.9 Å². The van der Waals surface area contributed by atoms with E-state index in [4.69, 9.17) is 16.6 Å². The molecule has 0 N–H and O–H groups in total. The standard InChI is InChI=1S/C22H21ClN6O3S/c1-33(31,32)27-13-11-26(12-14-27)22-25-20-19(15-24-29(20)18-5-3-2-4-6-18)21(30)28(22)17-9-7-16(23)8-10-17/h2-10,15H,11-14H2,1H3. The topological polar surface area (TPSA) is 93.3 Å². The summed E-state index contributed by atoms with van der Waals surface area (Å²) >= 11 is 6.06. The second kappa shape index (κ2) is 8.29. The molecule has 4 aromatic rings. The van der Waals surface area contributed by atoms with E-state index in [1.807, 2.05) is 35.2 Å². The van der Waals surface area contributed by atoms with Crippen molar-refractivity contribution in [3.63, 3.8) is 0 Å². The Bertz CT molecular complexity index is 1470. The van der Waals surface area contributed by atoms with Crippen molar-refractivity contribution in [1.29, 1.82) is 0 Å². The average molecular weight is 485 g/mol. The molecule has 0 radical (unpaired) electrons. The number of halogens is 1. The van der Waals surface area contributed by atoms with Crippen LogP contribution in [0, 0.1) is 0 Å². The van der Waals surface area contributed by atoms with E-state index in [-0.39, 0.29) is 5.56 Å². The lowest BCUT2D eigenvalue weighted by Crippen LogP contribution is -2.49. The molecule has 33 heavy (non-hydrogen) atoms. The molecule has 1 saturated heterocycles. The molecule has 0 spiro atoms. The van der Waals surface area contributed by atoms with Crippen molar-refractivity contribution in [3.8, 4) is 11.4 Å². The van der Waals surface area contributed by atoms with Gasteiger partial charge >= 0.3 is 0 Å². The number of hydrogen-bond acceptors (Lipinski definition) is 6. The van der Waals surface area contributed by atoms with Gasteiger partial charge in [0.05, 0.1) is 23.8 Å². The van der Waals surface area contributed by atoms with E-state index in [2.05, 4.69) is 5.10 Å². The van der Waals surface area contributed by atoms with E-state index >= 15 is 0 Å². The Labute approximate surface area is 195 Å². The summed E-state index contributed by atoms with van der Waals surface area (Å²) < 4.78 is 28.5. The number of fused-ring (bicyclic) bond motifs is 1. The van der Waals surface area contributed by atoms with Crippen LogP contribution in [0.15, 0.2) is 65.6 Å². The summed E-state index contributed by atoms with van der Waals surface area (Å²) in [6, 6.07) is 16.4. The van der Waals surface area contributed by atoms with Crippen molar-refractivity contribution in [1.82, 2.24) is 23.6 Å². The van der Waals surface area contributed by atoms with Crippen molar-refractivity contribution in [2.45, 2.75) is 0 Å². The molecule has 0 aliphatic carbocycles. The lowest BCUT2D eigenvalue weighted by molar-refractivity contribution is 0.384. The fourth-order valence-corrected chi connectivity index (χ4v) is 4.92. The Kier molecular flexibility index (Phi) is 5.43. The first-order valence-electron chi connectivity index (χ1n) is 10.3. The zero-order valence-electron chi connectivity index (χ0n) is 17.8. The number of nitrogens with zero attached hydrogens (tertiary/aromatic N) is 6. The van der Waals surface area contributed by atoms with Crippen molar-refractivity contribution in [3.05, 3.63) is 76.2 Å². The third-order valence-corrected chi connectivity index (χ3v) is 7.21. The molecule has 0 saturated carbocycles. The molecule has 1 aliphatic rings. The van der Waals surface area contributed by atoms with Crippen LogP contribution in [0.4, 0.5) is 5.95 Å². The molecule has 170 valence electrons. The molecule has 2 aromatic carbocycles. The van der Waals surface area contributed by atoms with Crippen LogP contribution in [0.5, 0.6) is 0 Å². The van der Waals surface area contributed by atoms with E-state index in [0.29, 0.717) is 53.9 Å². The minimum absolute atomic E-state index is 0.259. The molecule has 3 heterocycles. The van der Waals surface area contributed by atoms with Crippen LogP contribution in [-0.2, 0) is 10.0 Å². The molecule has 5 rings (SSSR count). The summed E-state index contributed by atoms with van der Waals surface area (Å²) in [5.74, 6) is 0.431. The largest absolute Gasteiger partial charge is 0.339 e. The lowest BCUT2D eigenvalue weighted by Gasteiger charge is -2.34. The number of hydrogen-bond donors (Lipinski definition) is 0. The van der Waals surface area contributed by atoms with Gasteiger partial charge in [-0.1, -0.05) is 29.8 Å². The zero-order chi connectivity index (χ0) is 23.2. The van der Waals surface area contributed by atoms with Gasteiger partial charge in [-0.15, -0.1) is 0 Å². The molecule has 11 heteroatoms. The predicted molar refractivity (Wildman–Crippen MR) is 128 cm³/mol. The molecule has 1 aliphatic heterocycles. The Morgan fingerprint density at radius 2 is 1.58 bits per heavy atom. The van der Waals surface area contributed by atoms with Gasteiger partial charge in [-0.25, -0.2) is 17.7 Å². The maximum absolute atomic E-state index is 13.6. The van der Waals surface area contributed by atoms with Crippen LogP contribution in [0.25, 0.3) is 22.4 Å². The number of anilines is 1. The summed E-state index contributed by atoms with van der Waals surface area (Å²) in [7, 11) is -3.29. The van der Waals surface area contributed by atoms with Gasteiger partial charge in [-0.3, -0.25) is 4.79 Å². The molecule has 9 nitrogen and oxygen atoms in total. The summed E-state index contributed by atoms with van der Waals surface area (Å²) in [4.78, 5) is 20.4. The minimum atomic E-state index is -3.29. The highest BCUT2D eigenvalue weighted by atomic mass is 35.5. The molecular weight excluding hydrogens is 464 g/mol. The van der Waals surface area contributed by atoms with E-state index in [1.165, 1.54) is 21.3 Å². The van der Waals surface area contributed by atoms with Gasteiger partial charge in [-0.05, 0) is 36.4 Å². The molecular formula is C22H21ClN6O3S. The molecule has 0 unspecified atom stereocenters. The molecule has 1 fully saturated rings. The van der Waals surface area contributed by atoms with Crippen molar-refractivity contribution < 1.29 is 8.42 Å². The van der Waals surface area contributed by atoms with Gasteiger partial charge in [0.15, 0.2) is 5.65 Å². The van der Waals surface area contributed by atoms with Gasteiger partial charge in [0.25, 0.3) is 5.56 Å². The average Bonchev–Trinajstić information content (AvgIpc) is 3.24. The van der Waals surface area contributed by atoms with Crippen LogP contribution in [-0.4, -0.2) is 64.5 Å². The van der Waals surface area contributed by atoms with Crippen molar-refractivity contribution in [2.75, 3.05) is 37.3 Å². The quantitative estimate of drug-likeness (QED) is 0.441. The molecule has 0 atom stereocenters. The number of sulfonamides is 1. The first kappa shape index (κ1) is 21.6. The van der Waals surface area contributed by atoms with Gasteiger partial charge < -0.3 is 4.90 Å². The molecule has 2 aromatic heterocycles. The first-order valence-corrected chi connectivity index (χ1v) is 12.6. The van der Waals surface area contributed by atoms with Crippen LogP contribution < -0.4 is 10.5 Å². The highest BCUT2D eigenvalue weighted by molar-refractivity contribution is 7.88. The van der Waals surface area contributed by atoms with Crippen LogP contribution in [0.2, 0.25) is 5.02 Å². The Morgan fingerprint density at radius 3 is 2.21 bits per heavy atom. The van der Waals surface area contributed by atoms with Gasteiger partial charge in [-0.2, -0.15) is 14.4 Å². The second-order valence-corrected chi connectivity index (χ2v) is 10.2. The third-order valence-electron chi connectivity index (χ3n) is 5.66. The third kappa shape index (κ3) is 4.01. The Hall–Kier alpha value is -3.21. The minimum Gasteiger partial charge on any atom is -0.339 e. The number of rotatable bonds is 4. The lowest BCUT2D eigenvalue weighted by atomic mass is 10.3. The smallest absolute Gasteiger partial charge is 0.270 e. The van der Waals surface area contributed by atoms with Crippen LogP contribution in [0.3, 0.4) is 0 Å². The molecule has 0 amide bonds. The fourth-order valence-electron chi connectivity index (χ4n) is 3.97. The SMILES string of the molecule is CS(=O)(=O)N1CCN(c2nc3c(cnn3-c3ccccc3)c(=O)n2-c2ccc(Cl)cc2)CC1. The van der Waals surface area contributed by atoms with Crippen molar-refractivity contribution in [2.24, 2.45) is 0 Å². The van der Waals surface area contributed by atoms with Gasteiger partial charge in [0.2, 0.25) is 16.0 Å². The van der Waals surface area contributed by atoms with Crippen molar-refractivity contribution >= 4 is 38.6 Å². The Balaban J connectivity index is 1.69. The van der Waals surface area contributed by atoms with E-state index in [0.717, 1.165) is 5.69 Å². The summed E-state index contributed by atoms with van der Waals surface area (Å²) in [6.07, 6.45) is 2.73. The maximum atomic E-state index is 13.6. The predicted octanol–water partition coefficient (Wildman–Crippen LogP) is 2.31. The summed E-state index contributed by atoms with van der Waals surface area (Å²) in [6.45, 7) is 1.42. The number of benzene rings is 2. The fraction of sp³-hybridized carbons (Fsp3) is 0.227. The summed E-state index contributed by atoms with van der Waals surface area (Å²) in [5.41, 5.74) is 1.59. The highest BCUT2D eigenvalue weighted by Gasteiger charge is 2.27.